The van der Waals surface area contributed by atoms with Crippen LogP contribution in [0, 0.1) is 22.7 Å². The number of hydrogen-bond donors (Lipinski definition) is 0. The molecule has 3 aliphatic heterocycles. The Morgan fingerprint density at radius 1 is 1.08 bits per heavy atom. The van der Waals surface area contributed by atoms with Crippen LogP contribution in [0.4, 0.5) is 0 Å². The standard InChI is InChI=1S/C20H28O5/c1-12-9-13-15-17(2,16(22)24-13)5-4-6-18(15,3)20(12)8-7-19(25-20)10-14(21)23-11-19/h12-13,15H,4-11H2,1-3H3. The molecule has 5 heteroatoms. The van der Waals surface area contributed by atoms with Crippen molar-refractivity contribution in [2.75, 3.05) is 6.61 Å². The number of esters is 2. The minimum atomic E-state index is -0.446. The molecule has 7 atom stereocenters. The highest BCUT2D eigenvalue weighted by Gasteiger charge is 2.74. The molecule has 0 radical (unpaired) electrons. The summed E-state index contributed by atoms with van der Waals surface area (Å²) in [5.41, 5.74) is -1.20. The van der Waals surface area contributed by atoms with Gasteiger partial charge in [0.15, 0.2) is 0 Å². The zero-order chi connectivity index (χ0) is 17.7. The first-order valence-corrected chi connectivity index (χ1v) is 9.82. The maximum absolute atomic E-state index is 12.7. The van der Waals surface area contributed by atoms with Gasteiger partial charge in [0, 0.05) is 11.3 Å². The van der Waals surface area contributed by atoms with E-state index in [4.69, 9.17) is 14.2 Å². The van der Waals surface area contributed by atoms with Crippen molar-refractivity contribution in [2.45, 2.75) is 83.0 Å². The zero-order valence-electron chi connectivity index (χ0n) is 15.4. The third-order valence-electron chi connectivity index (χ3n) is 8.52. The lowest BCUT2D eigenvalue weighted by Gasteiger charge is -2.62. The van der Waals surface area contributed by atoms with Crippen molar-refractivity contribution in [3.63, 3.8) is 0 Å². The van der Waals surface area contributed by atoms with Crippen molar-refractivity contribution in [3.8, 4) is 0 Å². The maximum atomic E-state index is 12.7. The molecule has 25 heavy (non-hydrogen) atoms. The fraction of sp³-hybridized carbons (Fsp3) is 0.900. The average Bonchev–Trinajstić information content (AvgIpc) is 3.17. The summed E-state index contributed by atoms with van der Waals surface area (Å²) < 4.78 is 18.0. The molecular formula is C20H28O5. The maximum Gasteiger partial charge on any atom is 0.312 e. The highest BCUT2D eigenvalue weighted by molar-refractivity contribution is 5.80. The largest absolute Gasteiger partial charge is 0.463 e. The highest BCUT2D eigenvalue weighted by Crippen LogP contribution is 2.70. The van der Waals surface area contributed by atoms with Crippen molar-refractivity contribution in [1.82, 2.24) is 0 Å². The van der Waals surface area contributed by atoms with Crippen LogP contribution in [0.2, 0.25) is 0 Å². The van der Waals surface area contributed by atoms with Gasteiger partial charge < -0.3 is 14.2 Å². The molecule has 0 aromatic carbocycles. The smallest absolute Gasteiger partial charge is 0.312 e. The first-order chi connectivity index (χ1) is 11.7. The van der Waals surface area contributed by atoms with E-state index in [0.717, 1.165) is 38.5 Å². The van der Waals surface area contributed by atoms with Gasteiger partial charge in [0.2, 0.25) is 0 Å². The minimum absolute atomic E-state index is 0.00948. The van der Waals surface area contributed by atoms with E-state index in [9.17, 15) is 9.59 Å². The van der Waals surface area contributed by atoms with Gasteiger partial charge in [-0.05, 0) is 44.9 Å². The number of hydrogen-bond acceptors (Lipinski definition) is 5. The Labute approximate surface area is 148 Å². The van der Waals surface area contributed by atoms with E-state index < -0.39 is 5.60 Å². The topological polar surface area (TPSA) is 61.8 Å². The number of ether oxygens (including phenoxy) is 3. The lowest BCUT2D eigenvalue weighted by atomic mass is 9.44. The van der Waals surface area contributed by atoms with E-state index in [1.807, 2.05) is 0 Å². The second kappa shape index (κ2) is 4.59. The molecule has 0 aromatic rings. The van der Waals surface area contributed by atoms with Crippen LogP contribution < -0.4 is 0 Å². The van der Waals surface area contributed by atoms with Crippen molar-refractivity contribution in [2.24, 2.45) is 22.7 Å². The van der Waals surface area contributed by atoms with E-state index in [0.29, 0.717) is 18.9 Å². The van der Waals surface area contributed by atoms with E-state index in [1.54, 1.807) is 0 Å². The van der Waals surface area contributed by atoms with Gasteiger partial charge in [-0.3, -0.25) is 9.59 Å². The third kappa shape index (κ3) is 1.74. The molecule has 5 rings (SSSR count). The van der Waals surface area contributed by atoms with Crippen LogP contribution >= 0.6 is 0 Å². The fourth-order valence-corrected chi connectivity index (χ4v) is 7.44. The summed E-state index contributed by atoms with van der Waals surface area (Å²) in [6.45, 7) is 7.07. The fourth-order valence-electron chi connectivity index (χ4n) is 7.44. The first-order valence-electron chi connectivity index (χ1n) is 9.82. The van der Waals surface area contributed by atoms with Gasteiger partial charge in [-0.15, -0.1) is 0 Å². The lowest BCUT2D eigenvalue weighted by Crippen LogP contribution is -2.65. The van der Waals surface area contributed by atoms with Gasteiger partial charge >= 0.3 is 11.9 Å². The average molecular weight is 348 g/mol. The normalized spacial score (nSPS) is 57.0. The Morgan fingerprint density at radius 2 is 1.88 bits per heavy atom. The molecule has 0 aromatic heterocycles. The number of carbonyl (C=O) groups is 2. The SMILES string of the molecule is CC1CC2OC(=O)C3(C)CCCC(C)(C23)C12CCC1(COC(=O)C1)O2. The Hall–Kier alpha value is -1.10. The molecule has 2 saturated carbocycles. The van der Waals surface area contributed by atoms with Crippen LogP contribution in [-0.2, 0) is 23.8 Å². The summed E-state index contributed by atoms with van der Waals surface area (Å²) in [7, 11) is 0. The van der Waals surface area contributed by atoms with Crippen LogP contribution in [-0.4, -0.2) is 35.9 Å². The number of rotatable bonds is 0. The van der Waals surface area contributed by atoms with E-state index in [-0.39, 0.29) is 40.4 Å². The minimum Gasteiger partial charge on any atom is -0.463 e. The first kappa shape index (κ1) is 16.1. The molecule has 5 aliphatic rings. The molecule has 2 aliphatic carbocycles. The lowest BCUT2D eigenvalue weighted by molar-refractivity contribution is -0.251. The zero-order valence-corrected chi connectivity index (χ0v) is 15.4. The van der Waals surface area contributed by atoms with Gasteiger partial charge in [0.25, 0.3) is 0 Å². The Kier molecular flexibility index (Phi) is 2.96. The predicted octanol–water partition coefficient (Wildman–Crippen LogP) is 3.00. The molecule has 3 heterocycles. The summed E-state index contributed by atoms with van der Waals surface area (Å²) in [5.74, 6) is 0.369. The molecule has 0 N–H and O–H groups in total. The molecular weight excluding hydrogens is 320 g/mol. The quantitative estimate of drug-likeness (QED) is 0.630. The van der Waals surface area contributed by atoms with Crippen molar-refractivity contribution < 1.29 is 23.8 Å². The summed E-state index contributed by atoms with van der Waals surface area (Å²) in [5, 5.41) is 0. The third-order valence-corrected chi connectivity index (χ3v) is 8.52. The predicted molar refractivity (Wildman–Crippen MR) is 88.6 cm³/mol. The van der Waals surface area contributed by atoms with E-state index in [1.165, 1.54) is 0 Å². The molecule has 0 bridgehead atoms. The Balaban J connectivity index is 1.59. The van der Waals surface area contributed by atoms with Gasteiger partial charge in [0.05, 0.1) is 17.4 Å². The Morgan fingerprint density at radius 3 is 2.60 bits per heavy atom. The summed E-state index contributed by atoms with van der Waals surface area (Å²) in [4.78, 5) is 24.5. The molecule has 5 nitrogen and oxygen atoms in total. The van der Waals surface area contributed by atoms with Crippen LogP contribution in [0.1, 0.15) is 65.7 Å². The monoisotopic (exact) mass is 348 g/mol. The van der Waals surface area contributed by atoms with Crippen LogP contribution in [0.25, 0.3) is 0 Å². The van der Waals surface area contributed by atoms with Crippen LogP contribution in [0.15, 0.2) is 0 Å². The van der Waals surface area contributed by atoms with Gasteiger partial charge in [0.1, 0.15) is 18.3 Å². The number of fused-ring (bicyclic) bond motifs is 1. The second-order valence-corrected chi connectivity index (χ2v) is 9.76. The summed E-state index contributed by atoms with van der Waals surface area (Å²) >= 11 is 0. The van der Waals surface area contributed by atoms with Gasteiger partial charge in [-0.1, -0.05) is 20.3 Å². The molecule has 3 saturated heterocycles. The second-order valence-electron chi connectivity index (χ2n) is 9.76. The summed E-state index contributed by atoms with van der Waals surface area (Å²) in [6.07, 6.45) is 6.10. The van der Waals surface area contributed by atoms with E-state index in [2.05, 4.69) is 20.8 Å². The molecule has 7 unspecified atom stereocenters. The number of cyclic esters (lactones) is 1. The van der Waals surface area contributed by atoms with Crippen molar-refractivity contribution >= 4 is 11.9 Å². The van der Waals surface area contributed by atoms with Crippen LogP contribution in [0.5, 0.6) is 0 Å². The number of carbonyl (C=O) groups excluding carboxylic acids is 2. The Bertz CT molecular complexity index is 660. The van der Waals surface area contributed by atoms with Crippen LogP contribution in [0.3, 0.4) is 0 Å². The van der Waals surface area contributed by atoms with Gasteiger partial charge in [-0.25, -0.2) is 0 Å². The highest BCUT2D eigenvalue weighted by atomic mass is 16.6. The molecule has 138 valence electrons. The molecule has 0 amide bonds. The van der Waals surface area contributed by atoms with Crippen molar-refractivity contribution in [3.05, 3.63) is 0 Å². The molecule has 5 fully saturated rings. The summed E-state index contributed by atoms with van der Waals surface area (Å²) in [6, 6.07) is 0. The molecule has 2 spiro atoms. The van der Waals surface area contributed by atoms with Gasteiger partial charge in [-0.2, -0.15) is 0 Å². The van der Waals surface area contributed by atoms with E-state index >= 15 is 0 Å². The van der Waals surface area contributed by atoms with Crippen molar-refractivity contribution in [1.29, 1.82) is 0 Å².